The predicted octanol–water partition coefficient (Wildman–Crippen LogP) is 7.56. The number of hydrogen-bond donors (Lipinski definition) is 0. The summed E-state index contributed by atoms with van der Waals surface area (Å²) in [5.41, 5.74) is 6.63. The molecule has 34 heavy (non-hydrogen) atoms. The Hall–Kier alpha value is -3.89. The smallest absolute Gasteiger partial charge is 0.337 e. The Labute approximate surface area is 203 Å². The van der Waals surface area contributed by atoms with Gasteiger partial charge in [-0.3, -0.25) is 0 Å². The first kappa shape index (κ1) is 21.9. The summed E-state index contributed by atoms with van der Waals surface area (Å²) >= 11 is 1.79. The molecule has 4 aromatic carbocycles. The zero-order valence-electron chi connectivity index (χ0n) is 19.0. The summed E-state index contributed by atoms with van der Waals surface area (Å²) in [4.78, 5) is 14.2. The zero-order valence-corrected chi connectivity index (χ0v) is 19.8. The normalized spacial score (nSPS) is 10.9. The molecule has 1 heterocycles. The second-order valence-electron chi connectivity index (χ2n) is 8.22. The summed E-state index contributed by atoms with van der Waals surface area (Å²) in [7, 11) is 1.41. The Morgan fingerprint density at radius 3 is 2.21 bits per heavy atom. The third kappa shape index (κ3) is 4.73. The third-order valence-electron chi connectivity index (χ3n) is 5.99. The van der Waals surface area contributed by atoms with Gasteiger partial charge < -0.3 is 9.64 Å². The van der Waals surface area contributed by atoms with Crippen LogP contribution in [0, 0.1) is 0 Å². The highest BCUT2D eigenvalue weighted by Crippen LogP contribution is 2.33. The maximum atomic E-state index is 11.9. The number of thiophene rings is 1. The quantitative estimate of drug-likeness (QED) is 0.233. The van der Waals surface area contributed by atoms with Crippen LogP contribution in [0.1, 0.15) is 21.5 Å². The number of methoxy groups -OCH3 is 1. The van der Waals surface area contributed by atoms with Crippen molar-refractivity contribution >= 4 is 33.1 Å². The van der Waals surface area contributed by atoms with Crippen molar-refractivity contribution in [2.45, 2.75) is 13.1 Å². The zero-order chi connectivity index (χ0) is 23.3. The molecule has 168 valence electrons. The molecule has 0 saturated heterocycles. The molecule has 3 nitrogen and oxygen atoms in total. The van der Waals surface area contributed by atoms with Gasteiger partial charge in [-0.15, -0.1) is 11.3 Å². The molecule has 0 aliphatic rings. The number of benzene rings is 4. The summed E-state index contributed by atoms with van der Waals surface area (Å²) in [6.07, 6.45) is 0. The fourth-order valence-electron chi connectivity index (χ4n) is 4.19. The minimum absolute atomic E-state index is 0.320. The molecule has 4 heteroatoms. The van der Waals surface area contributed by atoms with Crippen molar-refractivity contribution in [3.05, 3.63) is 125 Å². The topological polar surface area (TPSA) is 29.5 Å². The van der Waals surface area contributed by atoms with Gasteiger partial charge in [0.1, 0.15) is 0 Å². The van der Waals surface area contributed by atoms with Gasteiger partial charge in [0, 0.05) is 23.5 Å². The monoisotopic (exact) mass is 463 g/mol. The fraction of sp³-hybridized carbons (Fsp3) is 0.100. The van der Waals surface area contributed by atoms with Gasteiger partial charge in [0.25, 0.3) is 0 Å². The van der Waals surface area contributed by atoms with Gasteiger partial charge in [0.2, 0.25) is 0 Å². The van der Waals surface area contributed by atoms with E-state index < -0.39 is 0 Å². The van der Waals surface area contributed by atoms with Gasteiger partial charge in [-0.25, -0.2) is 4.79 Å². The lowest BCUT2D eigenvalue weighted by Gasteiger charge is -2.25. The Kier molecular flexibility index (Phi) is 6.41. The van der Waals surface area contributed by atoms with Gasteiger partial charge in [-0.1, -0.05) is 72.8 Å². The van der Waals surface area contributed by atoms with Crippen molar-refractivity contribution in [3.8, 4) is 11.1 Å². The fourth-order valence-corrected chi connectivity index (χ4v) is 5.18. The SMILES string of the molecule is COC(=O)c1ccc(N(Cc2ccccc2)Cc2csc3cc(-c4ccccc4)ccc23)cc1. The number of rotatable bonds is 7. The number of esters is 1. The van der Waals surface area contributed by atoms with E-state index in [9.17, 15) is 4.79 Å². The number of nitrogens with zero attached hydrogens (tertiary/aromatic N) is 1. The molecular formula is C30H25NO2S. The minimum Gasteiger partial charge on any atom is -0.465 e. The Bertz CT molecular complexity index is 1390. The number of carbonyl (C=O) groups is 1. The van der Waals surface area contributed by atoms with E-state index in [-0.39, 0.29) is 5.97 Å². The van der Waals surface area contributed by atoms with Crippen molar-refractivity contribution in [2.24, 2.45) is 0 Å². The van der Waals surface area contributed by atoms with Crippen LogP contribution in [-0.2, 0) is 17.8 Å². The molecule has 0 aliphatic carbocycles. The molecule has 0 radical (unpaired) electrons. The summed E-state index contributed by atoms with van der Waals surface area (Å²) < 4.78 is 6.15. The van der Waals surface area contributed by atoms with E-state index in [4.69, 9.17) is 4.74 Å². The molecular weight excluding hydrogens is 438 g/mol. The van der Waals surface area contributed by atoms with Crippen molar-refractivity contribution in [3.63, 3.8) is 0 Å². The van der Waals surface area contributed by atoms with E-state index >= 15 is 0 Å². The highest BCUT2D eigenvalue weighted by atomic mass is 32.1. The highest BCUT2D eigenvalue weighted by Gasteiger charge is 2.14. The molecule has 0 saturated carbocycles. The maximum Gasteiger partial charge on any atom is 0.337 e. The number of hydrogen-bond acceptors (Lipinski definition) is 4. The van der Waals surface area contributed by atoms with Crippen molar-refractivity contribution in [1.82, 2.24) is 0 Å². The molecule has 0 N–H and O–H groups in total. The molecule has 5 aromatic rings. The molecule has 0 spiro atoms. The van der Waals surface area contributed by atoms with Gasteiger partial charge in [0.15, 0.2) is 0 Å². The second-order valence-corrected chi connectivity index (χ2v) is 9.13. The van der Waals surface area contributed by atoms with E-state index in [0.717, 1.165) is 18.8 Å². The summed E-state index contributed by atoms with van der Waals surface area (Å²) in [6.45, 7) is 1.55. The first-order chi connectivity index (χ1) is 16.7. The van der Waals surface area contributed by atoms with Crippen LogP contribution in [0.5, 0.6) is 0 Å². The van der Waals surface area contributed by atoms with Crippen LogP contribution in [0.15, 0.2) is 109 Å². The number of anilines is 1. The molecule has 0 atom stereocenters. The van der Waals surface area contributed by atoms with Gasteiger partial charge in [-0.2, -0.15) is 0 Å². The number of ether oxygens (including phenoxy) is 1. The van der Waals surface area contributed by atoms with Crippen LogP contribution in [0.2, 0.25) is 0 Å². The van der Waals surface area contributed by atoms with Crippen molar-refractivity contribution in [2.75, 3.05) is 12.0 Å². The first-order valence-electron chi connectivity index (χ1n) is 11.2. The number of carbonyl (C=O) groups excluding carboxylic acids is 1. The largest absolute Gasteiger partial charge is 0.465 e. The lowest BCUT2D eigenvalue weighted by molar-refractivity contribution is 0.0600. The molecule has 0 bridgehead atoms. The predicted molar refractivity (Wildman–Crippen MR) is 141 cm³/mol. The van der Waals surface area contributed by atoms with Gasteiger partial charge in [0.05, 0.1) is 12.7 Å². The van der Waals surface area contributed by atoms with E-state index in [1.54, 1.807) is 11.3 Å². The van der Waals surface area contributed by atoms with Crippen LogP contribution in [0.25, 0.3) is 21.2 Å². The summed E-state index contributed by atoms with van der Waals surface area (Å²) in [5.74, 6) is -0.320. The van der Waals surface area contributed by atoms with E-state index in [2.05, 4.69) is 77.0 Å². The average molecular weight is 464 g/mol. The average Bonchev–Trinajstić information content (AvgIpc) is 3.31. The summed E-state index contributed by atoms with van der Waals surface area (Å²) in [5, 5.41) is 3.55. The van der Waals surface area contributed by atoms with Crippen molar-refractivity contribution < 1.29 is 9.53 Å². The Balaban J connectivity index is 1.46. The second kappa shape index (κ2) is 9.94. The van der Waals surface area contributed by atoms with Gasteiger partial charge >= 0.3 is 5.97 Å². The lowest BCUT2D eigenvalue weighted by atomic mass is 10.0. The molecule has 0 aliphatic heterocycles. The standard InChI is InChI=1S/C30H25NO2S/c1-33-30(32)24-12-15-27(16-13-24)31(19-22-8-4-2-5-9-22)20-26-21-34-29-18-25(14-17-28(26)29)23-10-6-3-7-11-23/h2-18,21H,19-20H2,1H3. The first-order valence-corrected chi connectivity index (χ1v) is 12.1. The van der Waals surface area contributed by atoms with Crippen molar-refractivity contribution in [1.29, 1.82) is 0 Å². The highest BCUT2D eigenvalue weighted by molar-refractivity contribution is 7.17. The maximum absolute atomic E-state index is 11.9. The number of fused-ring (bicyclic) bond motifs is 1. The van der Waals surface area contributed by atoms with E-state index in [1.807, 2.05) is 36.4 Å². The third-order valence-corrected chi connectivity index (χ3v) is 6.99. The van der Waals surface area contributed by atoms with Crippen LogP contribution in [-0.4, -0.2) is 13.1 Å². The van der Waals surface area contributed by atoms with Gasteiger partial charge in [-0.05, 0) is 63.4 Å². The molecule has 1 aromatic heterocycles. The molecule has 5 rings (SSSR count). The van der Waals surface area contributed by atoms with Crippen LogP contribution in [0.4, 0.5) is 5.69 Å². The van der Waals surface area contributed by atoms with Crippen LogP contribution >= 0.6 is 11.3 Å². The molecule has 0 unspecified atom stereocenters. The van der Waals surface area contributed by atoms with Crippen LogP contribution in [0.3, 0.4) is 0 Å². The molecule has 0 amide bonds. The molecule has 0 fully saturated rings. The van der Waals surface area contributed by atoms with E-state index in [0.29, 0.717) is 5.56 Å². The summed E-state index contributed by atoms with van der Waals surface area (Å²) in [6, 6.07) is 35.3. The van der Waals surface area contributed by atoms with Crippen LogP contribution < -0.4 is 4.90 Å². The Morgan fingerprint density at radius 1 is 0.794 bits per heavy atom. The minimum atomic E-state index is -0.320. The van der Waals surface area contributed by atoms with E-state index in [1.165, 1.54) is 39.4 Å². The Morgan fingerprint density at radius 2 is 1.50 bits per heavy atom. The lowest BCUT2D eigenvalue weighted by Crippen LogP contribution is -2.22.